The topological polar surface area (TPSA) is 0 Å². The first kappa shape index (κ1) is 27.9. The van der Waals surface area contributed by atoms with Gasteiger partial charge in [0.1, 0.15) is 5.82 Å². The number of hydrogen-bond donors (Lipinski definition) is 0. The highest BCUT2D eigenvalue weighted by Crippen LogP contribution is 2.46. The van der Waals surface area contributed by atoms with E-state index in [0.717, 1.165) is 35.7 Å². The molecule has 0 nitrogen and oxygen atoms in total. The fourth-order valence-electron chi connectivity index (χ4n) is 8.45. The summed E-state index contributed by atoms with van der Waals surface area (Å²) in [6.07, 6.45) is 22.3. The third-order valence-corrected chi connectivity index (χ3v) is 11.1. The average Bonchev–Trinajstić information content (AvgIpc) is 2.98. The van der Waals surface area contributed by atoms with Crippen molar-refractivity contribution < 1.29 is 4.39 Å². The molecular weight excluding hydrogens is 463 g/mol. The van der Waals surface area contributed by atoms with E-state index in [1.165, 1.54) is 114 Å². The van der Waals surface area contributed by atoms with Gasteiger partial charge >= 0.3 is 0 Å². The van der Waals surface area contributed by atoms with Crippen LogP contribution in [0.3, 0.4) is 0 Å². The molecule has 3 saturated carbocycles. The molecule has 0 atom stereocenters. The van der Waals surface area contributed by atoms with Crippen molar-refractivity contribution in [3.63, 3.8) is 0 Å². The second kappa shape index (κ2) is 13.6. The summed E-state index contributed by atoms with van der Waals surface area (Å²) < 4.78 is 15.4. The van der Waals surface area contributed by atoms with Crippen LogP contribution in [-0.2, 0) is 6.42 Å². The molecule has 3 fully saturated rings. The molecule has 0 aliphatic heterocycles. The summed E-state index contributed by atoms with van der Waals surface area (Å²) in [5.41, 5.74) is 5.29. The standard InChI is InChI=1S/C37H53F/c1-3-5-6-7-28-10-14-33(15-11-28)35-24-25-36(37(38)26-35)34-22-20-32(21-23-34)31-18-16-30(17-19-31)29-12-8-27(4-2)9-13-29/h8-9,12-13,24-26,28,30-34H,3-7,10-11,14-23H2,1-2H3. The molecule has 0 amide bonds. The van der Waals surface area contributed by atoms with Gasteiger partial charge in [-0.05, 0) is 147 Å². The minimum atomic E-state index is 0.0885. The summed E-state index contributed by atoms with van der Waals surface area (Å²) in [7, 11) is 0. The van der Waals surface area contributed by atoms with E-state index in [4.69, 9.17) is 0 Å². The molecule has 2 aromatic carbocycles. The Kier molecular flexibility index (Phi) is 10.0. The van der Waals surface area contributed by atoms with Crippen molar-refractivity contribution in [2.75, 3.05) is 0 Å². The SMILES string of the molecule is CCCCCC1CCC(c2ccc(C3CCC(C4CCC(c5ccc(CC)cc5)CC4)CC3)c(F)c2)CC1. The maximum atomic E-state index is 15.4. The Balaban J connectivity index is 1.07. The first-order valence-corrected chi connectivity index (χ1v) is 16.5. The van der Waals surface area contributed by atoms with Crippen LogP contribution in [-0.4, -0.2) is 0 Å². The molecule has 0 radical (unpaired) electrons. The number of benzene rings is 2. The van der Waals surface area contributed by atoms with Crippen molar-refractivity contribution >= 4 is 0 Å². The van der Waals surface area contributed by atoms with E-state index in [2.05, 4.69) is 50.2 Å². The van der Waals surface area contributed by atoms with Crippen molar-refractivity contribution in [2.45, 2.75) is 141 Å². The van der Waals surface area contributed by atoms with E-state index >= 15 is 4.39 Å². The summed E-state index contributed by atoms with van der Waals surface area (Å²) in [6, 6.07) is 15.8. The zero-order valence-electron chi connectivity index (χ0n) is 24.4. The number of hydrogen-bond acceptors (Lipinski definition) is 0. The highest BCUT2D eigenvalue weighted by Gasteiger charge is 2.32. The summed E-state index contributed by atoms with van der Waals surface area (Å²) in [5.74, 6) is 4.54. The van der Waals surface area contributed by atoms with Crippen LogP contribution in [0.5, 0.6) is 0 Å². The molecule has 208 valence electrons. The van der Waals surface area contributed by atoms with E-state index < -0.39 is 0 Å². The van der Waals surface area contributed by atoms with Crippen LogP contribution in [0.15, 0.2) is 42.5 Å². The van der Waals surface area contributed by atoms with Crippen LogP contribution in [0.1, 0.15) is 157 Å². The monoisotopic (exact) mass is 516 g/mol. The Bertz CT molecular complexity index is 966. The smallest absolute Gasteiger partial charge is 0.126 e. The molecule has 38 heavy (non-hydrogen) atoms. The number of rotatable bonds is 9. The highest BCUT2D eigenvalue weighted by molar-refractivity contribution is 5.30. The lowest BCUT2D eigenvalue weighted by molar-refractivity contribution is 0.176. The summed E-state index contributed by atoms with van der Waals surface area (Å²) in [5, 5.41) is 0. The van der Waals surface area contributed by atoms with Gasteiger partial charge in [-0.15, -0.1) is 0 Å². The molecule has 0 N–H and O–H groups in total. The van der Waals surface area contributed by atoms with Gasteiger partial charge in [-0.1, -0.05) is 75.9 Å². The molecular formula is C37H53F. The van der Waals surface area contributed by atoms with Crippen LogP contribution in [0.4, 0.5) is 4.39 Å². The van der Waals surface area contributed by atoms with Gasteiger partial charge in [0, 0.05) is 0 Å². The van der Waals surface area contributed by atoms with Crippen molar-refractivity contribution in [3.8, 4) is 0 Å². The third-order valence-electron chi connectivity index (χ3n) is 11.1. The van der Waals surface area contributed by atoms with Gasteiger partial charge in [0.25, 0.3) is 0 Å². The number of unbranched alkanes of at least 4 members (excludes halogenated alkanes) is 2. The molecule has 0 aromatic heterocycles. The number of halogens is 1. The minimum Gasteiger partial charge on any atom is -0.207 e. The molecule has 3 aliphatic carbocycles. The maximum absolute atomic E-state index is 15.4. The van der Waals surface area contributed by atoms with Gasteiger partial charge < -0.3 is 0 Å². The zero-order chi connectivity index (χ0) is 26.3. The fourth-order valence-corrected chi connectivity index (χ4v) is 8.45. The molecule has 3 aliphatic rings. The van der Waals surface area contributed by atoms with E-state index in [1.54, 1.807) is 5.56 Å². The van der Waals surface area contributed by atoms with Crippen LogP contribution >= 0.6 is 0 Å². The lowest BCUT2D eigenvalue weighted by atomic mass is 9.67. The quantitative estimate of drug-likeness (QED) is 0.291. The first-order chi connectivity index (χ1) is 18.6. The largest absolute Gasteiger partial charge is 0.207 e. The van der Waals surface area contributed by atoms with Gasteiger partial charge in [0.2, 0.25) is 0 Å². The number of aryl methyl sites for hydroxylation is 1. The van der Waals surface area contributed by atoms with Crippen LogP contribution < -0.4 is 0 Å². The fraction of sp³-hybridized carbons (Fsp3) is 0.676. The summed E-state index contributed by atoms with van der Waals surface area (Å²) in [6.45, 7) is 4.53. The maximum Gasteiger partial charge on any atom is 0.126 e. The van der Waals surface area contributed by atoms with Crippen molar-refractivity contribution in [1.29, 1.82) is 0 Å². The summed E-state index contributed by atoms with van der Waals surface area (Å²) >= 11 is 0. The van der Waals surface area contributed by atoms with E-state index in [9.17, 15) is 0 Å². The van der Waals surface area contributed by atoms with Gasteiger partial charge in [0.05, 0.1) is 0 Å². The van der Waals surface area contributed by atoms with Crippen LogP contribution in [0, 0.1) is 23.6 Å². The summed E-state index contributed by atoms with van der Waals surface area (Å²) in [4.78, 5) is 0. The van der Waals surface area contributed by atoms with Crippen LogP contribution in [0.25, 0.3) is 0 Å². The lowest BCUT2D eigenvalue weighted by Crippen LogP contribution is -2.25. The average molecular weight is 517 g/mol. The van der Waals surface area contributed by atoms with E-state index in [0.29, 0.717) is 11.8 Å². The van der Waals surface area contributed by atoms with Crippen molar-refractivity contribution in [1.82, 2.24) is 0 Å². The molecule has 0 spiro atoms. The molecule has 1 heteroatoms. The normalized spacial score (nSPS) is 30.3. The van der Waals surface area contributed by atoms with Gasteiger partial charge in [-0.2, -0.15) is 0 Å². The zero-order valence-corrected chi connectivity index (χ0v) is 24.4. The van der Waals surface area contributed by atoms with Gasteiger partial charge in [-0.25, -0.2) is 4.39 Å². The highest BCUT2D eigenvalue weighted by atomic mass is 19.1. The van der Waals surface area contributed by atoms with Crippen molar-refractivity contribution in [3.05, 3.63) is 70.5 Å². The Morgan fingerprint density at radius 3 is 1.74 bits per heavy atom. The van der Waals surface area contributed by atoms with Gasteiger partial charge in [0.15, 0.2) is 0 Å². The molecule has 2 aromatic rings. The molecule has 0 bridgehead atoms. The van der Waals surface area contributed by atoms with E-state index in [1.807, 2.05) is 6.07 Å². The van der Waals surface area contributed by atoms with Crippen molar-refractivity contribution in [2.24, 2.45) is 17.8 Å². The lowest BCUT2D eigenvalue weighted by Gasteiger charge is -2.38. The van der Waals surface area contributed by atoms with Gasteiger partial charge in [-0.3, -0.25) is 0 Å². The second-order valence-corrected chi connectivity index (χ2v) is 13.3. The molecule has 0 unspecified atom stereocenters. The Labute approximate surface area is 233 Å². The third kappa shape index (κ3) is 6.92. The Morgan fingerprint density at radius 2 is 1.16 bits per heavy atom. The van der Waals surface area contributed by atoms with E-state index in [-0.39, 0.29) is 5.82 Å². The van der Waals surface area contributed by atoms with Crippen LogP contribution in [0.2, 0.25) is 0 Å². The Hall–Kier alpha value is -1.63. The molecule has 5 rings (SSSR count). The molecule has 0 saturated heterocycles. The first-order valence-electron chi connectivity index (χ1n) is 16.5. The second-order valence-electron chi connectivity index (χ2n) is 13.3. The molecule has 0 heterocycles. The predicted molar refractivity (Wildman–Crippen MR) is 160 cm³/mol. The predicted octanol–water partition coefficient (Wildman–Crippen LogP) is 11.5. The minimum absolute atomic E-state index is 0.0885. The Morgan fingerprint density at radius 1 is 0.605 bits per heavy atom.